The highest BCUT2D eigenvalue weighted by Gasteiger charge is 2.26. The summed E-state index contributed by atoms with van der Waals surface area (Å²) < 4.78 is 34.7. The molecular formula is C17H14F2N4O3. The third-order valence-electron chi connectivity index (χ3n) is 4.26. The van der Waals surface area contributed by atoms with Gasteiger partial charge in [0.1, 0.15) is 0 Å². The molecule has 1 aromatic carbocycles. The molecule has 0 radical (unpaired) electrons. The minimum atomic E-state index is -2.80. The fraction of sp³-hybridized carbons (Fsp3) is 0.294. The standard InChI is InChI=1S/C17H14F2N4O3/c1-8-6-13(25-22-8)16(24)20-12-5-3-9-7-10(2-4-11(9)12)15-21-17(14(18)19)26-23-15/h2,4,6-7,12,14H,3,5H2,1H3,(H,20,24)/t12-/m1/s1. The van der Waals surface area contributed by atoms with Gasteiger partial charge in [-0.1, -0.05) is 22.4 Å². The SMILES string of the molecule is Cc1cc(C(=O)N[C@@H]2CCc3cc(-c4noc(C(F)F)n4)ccc32)on1. The van der Waals surface area contributed by atoms with Gasteiger partial charge in [-0.25, -0.2) is 0 Å². The molecule has 0 bridgehead atoms. The van der Waals surface area contributed by atoms with E-state index in [1.54, 1.807) is 19.1 Å². The Kier molecular flexibility index (Phi) is 3.98. The molecule has 0 unspecified atom stereocenters. The van der Waals surface area contributed by atoms with E-state index in [0.717, 1.165) is 24.0 Å². The summed E-state index contributed by atoms with van der Waals surface area (Å²) in [6.45, 7) is 1.74. The second-order valence-electron chi connectivity index (χ2n) is 6.07. The van der Waals surface area contributed by atoms with Crippen LogP contribution in [0.15, 0.2) is 33.3 Å². The van der Waals surface area contributed by atoms with Crippen LogP contribution in [-0.4, -0.2) is 21.2 Å². The summed E-state index contributed by atoms with van der Waals surface area (Å²) in [6, 6.07) is 6.82. The van der Waals surface area contributed by atoms with Gasteiger partial charge in [0, 0.05) is 11.6 Å². The van der Waals surface area contributed by atoms with Gasteiger partial charge in [-0.05, 0) is 37.0 Å². The quantitative estimate of drug-likeness (QED) is 0.766. The number of alkyl halides is 2. The summed E-state index contributed by atoms with van der Waals surface area (Å²) in [4.78, 5) is 15.9. The molecule has 2 heterocycles. The molecule has 0 saturated carbocycles. The summed E-state index contributed by atoms with van der Waals surface area (Å²) in [5.41, 5.74) is 3.20. The summed E-state index contributed by atoms with van der Waals surface area (Å²) in [5.74, 6) is -0.744. The maximum absolute atomic E-state index is 12.6. The molecule has 0 saturated heterocycles. The van der Waals surface area contributed by atoms with Crippen LogP contribution in [0.1, 0.15) is 52.2 Å². The molecule has 1 amide bonds. The number of carbonyl (C=O) groups excluding carboxylic acids is 1. The highest BCUT2D eigenvalue weighted by atomic mass is 19.3. The molecular weight excluding hydrogens is 346 g/mol. The number of rotatable bonds is 4. The van der Waals surface area contributed by atoms with Crippen LogP contribution in [0.3, 0.4) is 0 Å². The first-order valence-corrected chi connectivity index (χ1v) is 8.00. The van der Waals surface area contributed by atoms with E-state index < -0.39 is 12.3 Å². The van der Waals surface area contributed by atoms with Crippen molar-refractivity contribution in [2.75, 3.05) is 0 Å². The topological polar surface area (TPSA) is 94.1 Å². The van der Waals surface area contributed by atoms with E-state index in [2.05, 4.69) is 25.1 Å². The van der Waals surface area contributed by atoms with Gasteiger partial charge >= 0.3 is 6.43 Å². The van der Waals surface area contributed by atoms with Crippen LogP contribution in [0.4, 0.5) is 8.78 Å². The van der Waals surface area contributed by atoms with E-state index in [-0.39, 0.29) is 23.5 Å². The minimum Gasteiger partial charge on any atom is -0.351 e. The van der Waals surface area contributed by atoms with Gasteiger partial charge in [0.2, 0.25) is 11.6 Å². The van der Waals surface area contributed by atoms with Crippen molar-refractivity contribution in [2.45, 2.75) is 32.2 Å². The van der Waals surface area contributed by atoms with E-state index in [1.165, 1.54) is 0 Å². The van der Waals surface area contributed by atoms with Crippen LogP contribution in [-0.2, 0) is 6.42 Å². The number of benzene rings is 1. The zero-order valence-electron chi connectivity index (χ0n) is 13.7. The molecule has 0 aliphatic heterocycles. The Morgan fingerprint density at radius 1 is 1.27 bits per heavy atom. The predicted molar refractivity (Wildman–Crippen MR) is 84.5 cm³/mol. The Morgan fingerprint density at radius 3 is 2.81 bits per heavy atom. The molecule has 1 aliphatic rings. The normalized spacial score (nSPS) is 16.1. The lowest BCUT2D eigenvalue weighted by atomic mass is 10.0. The van der Waals surface area contributed by atoms with Crippen LogP contribution in [0.25, 0.3) is 11.4 Å². The minimum absolute atomic E-state index is 0.118. The van der Waals surface area contributed by atoms with Crippen molar-refractivity contribution in [1.29, 1.82) is 0 Å². The van der Waals surface area contributed by atoms with Gasteiger partial charge in [-0.15, -0.1) is 0 Å². The summed E-state index contributed by atoms with van der Waals surface area (Å²) in [6.07, 6.45) is -1.33. The average molecular weight is 360 g/mol. The molecule has 0 fully saturated rings. The largest absolute Gasteiger partial charge is 0.351 e. The van der Waals surface area contributed by atoms with Crippen molar-refractivity contribution in [3.05, 3.63) is 52.7 Å². The number of nitrogens with zero attached hydrogens (tertiary/aromatic N) is 3. The van der Waals surface area contributed by atoms with E-state index in [9.17, 15) is 13.6 Å². The first kappa shape index (κ1) is 16.4. The zero-order valence-corrected chi connectivity index (χ0v) is 13.7. The number of carbonyl (C=O) groups is 1. The third kappa shape index (κ3) is 2.96. The Morgan fingerprint density at radius 2 is 2.12 bits per heavy atom. The smallest absolute Gasteiger partial charge is 0.315 e. The molecule has 1 N–H and O–H groups in total. The number of amides is 1. The fourth-order valence-corrected chi connectivity index (χ4v) is 3.05. The van der Waals surface area contributed by atoms with Gasteiger partial charge in [-0.2, -0.15) is 13.8 Å². The van der Waals surface area contributed by atoms with Crippen molar-refractivity contribution in [3.8, 4) is 11.4 Å². The number of fused-ring (bicyclic) bond motifs is 1. The molecule has 1 aliphatic carbocycles. The van der Waals surface area contributed by atoms with Crippen molar-refractivity contribution in [3.63, 3.8) is 0 Å². The number of aryl methyl sites for hydroxylation is 2. The third-order valence-corrected chi connectivity index (χ3v) is 4.26. The molecule has 9 heteroatoms. The van der Waals surface area contributed by atoms with Crippen LogP contribution in [0.2, 0.25) is 0 Å². The molecule has 1 atom stereocenters. The summed E-state index contributed by atoms with van der Waals surface area (Å²) in [7, 11) is 0. The molecule has 134 valence electrons. The van der Waals surface area contributed by atoms with E-state index in [0.29, 0.717) is 11.3 Å². The molecule has 7 nitrogen and oxygen atoms in total. The Balaban J connectivity index is 1.53. The van der Waals surface area contributed by atoms with Gasteiger partial charge < -0.3 is 14.4 Å². The first-order chi connectivity index (χ1) is 12.5. The highest BCUT2D eigenvalue weighted by Crippen LogP contribution is 2.34. The molecule has 26 heavy (non-hydrogen) atoms. The molecule has 3 aromatic rings. The van der Waals surface area contributed by atoms with Gasteiger partial charge in [-0.3, -0.25) is 4.79 Å². The Bertz CT molecular complexity index is 967. The summed E-state index contributed by atoms with van der Waals surface area (Å²) >= 11 is 0. The van der Waals surface area contributed by atoms with Gasteiger partial charge in [0.25, 0.3) is 11.8 Å². The van der Waals surface area contributed by atoms with E-state index in [1.807, 2.05) is 12.1 Å². The van der Waals surface area contributed by atoms with Crippen LogP contribution < -0.4 is 5.32 Å². The Labute approximate surface area is 146 Å². The second-order valence-corrected chi connectivity index (χ2v) is 6.07. The van der Waals surface area contributed by atoms with Crippen LogP contribution in [0.5, 0.6) is 0 Å². The number of aromatic nitrogens is 3. The van der Waals surface area contributed by atoms with Crippen molar-refractivity contribution >= 4 is 5.91 Å². The number of nitrogens with one attached hydrogen (secondary N) is 1. The Hall–Kier alpha value is -3.10. The highest BCUT2D eigenvalue weighted by molar-refractivity contribution is 5.91. The zero-order chi connectivity index (χ0) is 18.3. The second kappa shape index (κ2) is 6.32. The number of halogens is 2. The molecule has 0 spiro atoms. The first-order valence-electron chi connectivity index (χ1n) is 8.00. The van der Waals surface area contributed by atoms with Crippen LogP contribution >= 0.6 is 0 Å². The predicted octanol–water partition coefficient (Wildman–Crippen LogP) is 3.39. The van der Waals surface area contributed by atoms with Crippen molar-refractivity contribution < 1.29 is 22.6 Å². The monoisotopic (exact) mass is 360 g/mol. The lowest BCUT2D eigenvalue weighted by Crippen LogP contribution is -2.26. The van der Waals surface area contributed by atoms with E-state index in [4.69, 9.17) is 4.52 Å². The fourth-order valence-electron chi connectivity index (χ4n) is 3.05. The van der Waals surface area contributed by atoms with E-state index >= 15 is 0 Å². The lowest BCUT2D eigenvalue weighted by Gasteiger charge is -2.13. The maximum atomic E-state index is 12.6. The van der Waals surface area contributed by atoms with Crippen molar-refractivity contribution in [1.82, 2.24) is 20.6 Å². The van der Waals surface area contributed by atoms with Crippen molar-refractivity contribution in [2.24, 2.45) is 0 Å². The maximum Gasteiger partial charge on any atom is 0.315 e. The molecule has 2 aromatic heterocycles. The van der Waals surface area contributed by atoms with Gasteiger partial charge in [0.15, 0.2) is 0 Å². The average Bonchev–Trinajstić information content (AvgIpc) is 3.34. The van der Waals surface area contributed by atoms with Crippen LogP contribution in [0, 0.1) is 6.92 Å². The number of hydrogen-bond acceptors (Lipinski definition) is 6. The lowest BCUT2D eigenvalue weighted by molar-refractivity contribution is 0.0899. The summed E-state index contributed by atoms with van der Waals surface area (Å²) in [5, 5.41) is 10.2. The van der Waals surface area contributed by atoms with Gasteiger partial charge in [0.05, 0.1) is 11.7 Å². The number of hydrogen-bond donors (Lipinski definition) is 1. The molecule has 4 rings (SSSR count).